The van der Waals surface area contributed by atoms with Gasteiger partial charge in [0.25, 0.3) is 0 Å². The lowest BCUT2D eigenvalue weighted by Gasteiger charge is -2.37. The molecule has 0 aromatic rings. The third-order valence-electron chi connectivity index (χ3n) is 3.25. The molecule has 1 heterocycles. The molecule has 0 bridgehead atoms. The number of carbonyl (C=O) groups is 1. The first-order chi connectivity index (χ1) is 6.66. The van der Waals surface area contributed by atoms with Crippen molar-refractivity contribution in [2.45, 2.75) is 18.9 Å². The molecule has 0 radical (unpaired) electrons. The van der Waals surface area contributed by atoms with Gasteiger partial charge in [-0.3, -0.25) is 4.79 Å². The molecule has 4 heteroatoms. The number of amides is 1. The van der Waals surface area contributed by atoms with Crippen LogP contribution in [0.1, 0.15) is 12.8 Å². The van der Waals surface area contributed by atoms with Gasteiger partial charge in [-0.15, -0.1) is 0 Å². The molecule has 1 amide bonds. The highest BCUT2D eigenvalue weighted by atomic mass is 16.3. The monoisotopic (exact) mass is 198 g/mol. The van der Waals surface area contributed by atoms with Crippen LogP contribution in [-0.4, -0.2) is 48.7 Å². The summed E-state index contributed by atoms with van der Waals surface area (Å²) >= 11 is 0. The fraction of sp³-hybridized carbons (Fsp3) is 0.900. The Bertz CT molecular complexity index is 222. The summed E-state index contributed by atoms with van der Waals surface area (Å²) in [5.41, 5.74) is 0. The van der Waals surface area contributed by atoms with Crippen LogP contribution >= 0.6 is 0 Å². The lowest BCUT2D eigenvalue weighted by Crippen LogP contribution is -2.52. The van der Waals surface area contributed by atoms with E-state index >= 15 is 0 Å². The van der Waals surface area contributed by atoms with Crippen molar-refractivity contribution in [3.8, 4) is 0 Å². The molecular weight excluding hydrogens is 180 g/mol. The minimum Gasteiger partial charge on any atom is -0.393 e. The van der Waals surface area contributed by atoms with E-state index in [0.717, 1.165) is 32.5 Å². The Labute approximate surface area is 84.3 Å². The van der Waals surface area contributed by atoms with E-state index in [0.29, 0.717) is 5.92 Å². The Hall–Kier alpha value is -0.610. The van der Waals surface area contributed by atoms with Gasteiger partial charge in [-0.05, 0) is 18.8 Å². The SMILES string of the molecule is CN(CC1CC(O)C1)C(=O)C1CNC1. The van der Waals surface area contributed by atoms with E-state index in [-0.39, 0.29) is 17.9 Å². The molecule has 1 aliphatic carbocycles. The Morgan fingerprint density at radius 3 is 2.57 bits per heavy atom. The van der Waals surface area contributed by atoms with Crippen molar-refractivity contribution < 1.29 is 9.90 Å². The van der Waals surface area contributed by atoms with Crippen molar-refractivity contribution in [3.63, 3.8) is 0 Å². The number of aliphatic hydroxyl groups excluding tert-OH is 1. The van der Waals surface area contributed by atoms with Crippen molar-refractivity contribution in [2.75, 3.05) is 26.7 Å². The normalized spacial score (nSPS) is 31.9. The molecule has 2 aliphatic rings. The van der Waals surface area contributed by atoms with Gasteiger partial charge >= 0.3 is 0 Å². The van der Waals surface area contributed by atoms with Crippen molar-refractivity contribution in [2.24, 2.45) is 11.8 Å². The zero-order valence-corrected chi connectivity index (χ0v) is 8.57. The van der Waals surface area contributed by atoms with Gasteiger partial charge in [0.1, 0.15) is 0 Å². The second-order valence-electron chi connectivity index (χ2n) is 4.57. The molecule has 0 atom stereocenters. The topological polar surface area (TPSA) is 52.6 Å². The number of hydrogen-bond donors (Lipinski definition) is 2. The van der Waals surface area contributed by atoms with Gasteiger partial charge < -0.3 is 15.3 Å². The minimum atomic E-state index is -0.117. The molecule has 0 unspecified atom stereocenters. The highest BCUT2D eigenvalue weighted by Crippen LogP contribution is 2.27. The zero-order chi connectivity index (χ0) is 10.1. The molecule has 80 valence electrons. The maximum Gasteiger partial charge on any atom is 0.228 e. The van der Waals surface area contributed by atoms with Crippen LogP contribution in [0.2, 0.25) is 0 Å². The lowest BCUT2D eigenvalue weighted by atomic mass is 9.82. The van der Waals surface area contributed by atoms with Crippen molar-refractivity contribution in [1.82, 2.24) is 10.2 Å². The lowest BCUT2D eigenvalue weighted by molar-refractivity contribution is -0.137. The summed E-state index contributed by atoms with van der Waals surface area (Å²) in [6, 6.07) is 0. The maximum atomic E-state index is 11.7. The Balaban J connectivity index is 1.71. The van der Waals surface area contributed by atoms with Gasteiger partial charge in [0.15, 0.2) is 0 Å². The summed E-state index contributed by atoms with van der Waals surface area (Å²) in [7, 11) is 1.87. The second kappa shape index (κ2) is 3.87. The molecule has 2 N–H and O–H groups in total. The first-order valence-electron chi connectivity index (χ1n) is 5.30. The average molecular weight is 198 g/mol. The summed E-state index contributed by atoms with van der Waals surface area (Å²) in [5, 5.41) is 12.2. The highest BCUT2D eigenvalue weighted by molar-refractivity contribution is 5.79. The second-order valence-corrected chi connectivity index (χ2v) is 4.57. The van der Waals surface area contributed by atoms with Gasteiger partial charge in [-0.2, -0.15) is 0 Å². The van der Waals surface area contributed by atoms with Crippen molar-refractivity contribution in [1.29, 1.82) is 0 Å². The first kappa shape index (κ1) is 9.93. The standard InChI is InChI=1S/C10H18N2O2/c1-12(6-7-2-9(13)3-7)10(14)8-4-11-5-8/h7-9,11,13H,2-6H2,1H3. The summed E-state index contributed by atoms with van der Waals surface area (Å²) in [6.45, 7) is 2.47. The average Bonchev–Trinajstić information content (AvgIpc) is 1.98. The number of aliphatic hydroxyl groups is 1. The summed E-state index contributed by atoms with van der Waals surface area (Å²) in [4.78, 5) is 13.5. The van der Waals surface area contributed by atoms with Gasteiger partial charge in [-0.1, -0.05) is 0 Å². The Morgan fingerprint density at radius 1 is 1.50 bits per heavy atom. The number of nitrogens with one attached hydrogen (secondary N) is 1. The molecule has 0 aromatic carbocycles. The first-order valence-corrected chi connectivity index (χ1v) is 5.30. The zero-order valence-electron chi connectivity index (χ0n) is 8.57. The molecule has 0 aromatic heterocycles. The number of rotatable bonds is 3. The molecule has 1 saturated heterocycles. The molecule has 0 spiro atoms. The maximum absolute atomic E-state index is 11.7. The quantitative estimate of drug-likeness (QED) is 0.639. The summed E-state index contributed by atoms with van der Waals surface area (Å²) in [5.74, 6) is 0.974. The smallest absolute Gasteiger partial charge is 0.228 e. The van der Waals surface area contributed by atoms with Crippen LogP contribution in [0.25, 0.3) is 0 Å². The van der Waals surface area contributed by atoms with Gasteiger partial charge in [0, 0.05) is 26.7 Å². The Kier molecular flexibility index (Phi) is 2.74. The highest BCUT2D eigenvalue weighted by Gasteiger charge is 2.32. The molecular formula is C10H18N2O2. The molecule has 14 heavy (non-hydrogen) atoms. The van der Waals surface area contributed by atoms with E-state index in [1.54, 1.807) is 0 Å². The van der Waals surface area contributed by atoms with Crippen LogP contribution in [0.4, 0.5) is 0 Å². The van der Waals surface area contributed by atoms with Crippen molar-refractivity contribution in [3.05, 3.63) is 0 Å². The van der Waals surface area contributed by atoms with E-state index < -0.39 is 0 Å². The fourth-order valence-corrected chi connectivity index (χ4v) is 2.10. The third-order valence-corrected chi connectivity index (χ3v) is 3.25. The minimum absolute atomic E-state index is 0.117. The molecule has 1 aliphatic heterocycles. The predicted molar refractivity (Wildman–Crippen MR) is 52.7 cm³/mol. The van der Waals surface area contributed by atoms with Crippen LogP contribution < -0.4 is 5.32 Å². The summed E-state index contributed by atoms with van der Waals surface area (Å²) < 4.78 is 0. The van der Waals surface area contributed by atoms with Crippen LogP contribution in [0.3, 0.4) is 0 Å². The number of carbonyl (C=O) groups excluding carboxylic acids is 1. The summed E-state index contributed by atoms with van der Waals surface area (Å²) in [6.07, 6.45) is 1.61. The largest absolute Gasteiger partial charge is 0.393 e. The fourth-order valence-electron chi connectivity index (χ4n) is 2.10. The van der Waals surface area contributed by atoms with Crippen LogP contribution in [0, 0.1) is 11.8 Å². The third kappa shape index (κ3) is 1.91. The van der Waals surface area contributed by atoms with E-state index in [4.69, 9.17) is 5.11 Å². The van der Waals surface area contributed by atoms with Crippen LogP contribution in [-0.2, 0) is 4.79 Å². The van der Waals surface area contributed by atoms with E-state index in [1.165, 1.54) is 0 Å². The molecule has 1 saturated carbocycles. The van der Waals surface area contributed by atoms with E-state index in [2.05, 4.69) is 5.32 Å². The predicted octanol–water partition coefficient (Wildman–Crippen LogP) is -0.565. The van der Waals surface area contributed by atoms with Crippen LogP contribution in [0.15, 0.2) is 0 Å². The van der Waals surface area contributed by atoms with E-state index in [1.807, 2.05) is 11.9 Å². The van der Waals surface area contributed by atoms with Crippen LogP contribution in [0.5, 0.6) is 0 Å². The van der Waals surface area contributed by atoms with Crippen molar-refractivity contribution >= 4 is 5.91 Å². The molecule has 4 nitrogen and oxygen atoms in total. The molecule has 2 rings (SSSR count). The number of hydrogen-bond acceptors (Lipinski definition) is 3. The van der Waals surface area contributed by atoms with Gasteiger partial charge in [0.2, 0.25) is 5.91 Å². The molecule has 2 fully saturated rings. The van der Waals surface area contributed by atoms with Gasteiger partial charge in [0.05, 0.1) is 12.0 Å². The van der Waals surface area contributed by atoms with E-state index in [9.17, 15) is 4.79 Å². The number of nitrogens with zero attached hydrogens (tertiary/aromatic N) is 1. The Morgan fingerprint density at radius 2 is 2.14 bits per heavy atom. The van der Waals surface area contributed by atoms with Gasteiger partial charge in [-0.25, -0.2) is 0 Å².